The summed E-state index contributed by atoms with van der Waals surface area (Å²) in [5.74, 6) is 0. The van der Waals surface area contributed by atoms with Gasteiger partial charge in [0.15, 0.2) is 0 Å². The van der Waals surface area contributed by atoms with E-state index in [-0.39, 0.29) is 24.1 Å². The largest absolute Gasteiger partial charge is 0.326 e. The molecule has 1 aliphatic rings. The van der Waals surface area contributed by atoms with Crippen LogP contribution in [0.3, 0.4) is 0 Å². The fourth-order valence-corrected chi connectivity index (χ4v) is 5.05. The van der Waals surface area contributed by atoms with E-state index in [9.17, 15) is 9.59 Å². The predicted octanol–water partition coefficient (Wildman–Crippen LogP) is 8.60. The van der Waals surface area contributed by atoms with Gasteiger partial charge in [-0.3, -0.25) is 9.80 Å². The second-order valence-electron chi connectivity index (χ2n) is 9.11. The molecule has 38 heavy (non-hydrogen) atoms. The summed E-state index contributed by atoms with van der Waals surface area (Å²) in [6.45, 7) is 1.99. The minimum absolute atomic E-state index is 0.197. The van der Waals surface area contributed by atoms with Gasteiger partial charge in [0.2, 0.25) is 0 Å². The fraction of sp³-hybridized carbons (Fsp3) is 0.133. The van der Waals surface area contributed by atoms with Gasteiger partial charge in [-0.15, -0.1) is 0 Å². The van der Waals surface area contributed by atoms with Crippen LogP contribution in [-0.4, -0.2) is 18.1 Å². The van der Waals surface area contributed by atoms with Crippen molar-refractivity contribution in [3.8, 4) is 0 Å². The third-order valence-corrected chi connectivity index (χ3v) is 7.04. The number of hydrogen-bond donors (Lipinski definition) is 2. The molecule has 192 valence electrons. The van der Waals surface area contributed by atoms with Gasteiger partial charge in [0.1, 0.15) is 0 Å². The number of anilines is 4. The highest BCUT2D eigenvalue weighted by atomic mass is 35.5. The number of urea groups is 2. The quantitative estimate of drug-likeness (QED) is 0.270. The highest BCUT2D eigenvalue weighted by Gasteiger charge is 2.38. The lowest BCUT2D eigenvalue weighted by atomic mass is 9.90. The summed E-state index contributed by atoms with van der Waals surface area (Å²) in [5.41, 5.74) is 3.68. The van der Waals surface area contributed by atoms with Crippen LogP contribution in [0.25, 0.3) is 0 Å². The minimum Gasteiger partial charge on any atom is -0.308 e. The van der Waals surface area contributed by atoms with E-state index in [1.165, 1.54) is 0 Å². The fourth-order valence-electron chi connectivity index (χ4n) is 4.80. The molecule has 0 spiro atoms. The summed E-state index contributed by atoms with van der Waals surface area (Å²) in [4.78, 5) is 30.7. The van der Waals surface area contributed by atoms with Crippen LogP contribution in [-0.2, 0) is 0 Å². The van der Waals surface area contributed by atoms with Crippen LogP contribution in [0, 0.1) is 0 Å². The van der Waals surface area contributed by atoms with Crippen LogP contribution in [0.2, 0.25) is 10.0 Å². The first kappa shape index (κ1) is 25.6. The first-order chi connectivity index (χ1) is 18.4. The third kappa shape index (κ3) is 5.47. The van der Waals surface area contributed by atoms with Crippen LogP contribution in [0.5, 0.6) is 0 Å². The SMILES string of the molecule is CC1CC(N(C(=O)Nc2ccc(Cl)cc2)c2ccccc2)c2ccccc2N1C(=O)Nc1ccc(Cl)cc1. The van der Waals surface area contributed by atoms with Crippen molar-refractivity contribution < 1.29 is 9.59 Å². The number of hydrogen-bond acceptors (Lipinski definition) is 2. The molecule has 1 heterocycles. The molecule has 4 aromatic carbocycles. The maximum atomic E-state index is 13.8. The number of para-hydroxylation sites is 2. The molecule has 1 aliphatic heterocycles. The molecule has 2 atom stereocenters. The molecule has 4 amide bonds. The van der Waals surface area contributed by atoms with Gasteiger partial charge in [0.05, 0.1) is 11.7 Å². The molecule has 2 N–H and O–H groups in total. The van der Waals surface area contributed by atoms with E-state index < -0.39 is 0 Å². The van der Waals surface area contributed by atoms with Crippen molar-refractivity contribution in [2.45, 2.75) is 25.4 Å². The Morgan fingerprint density at radius 1 is 0.763 bits per heavy atom. The van der Waals surface area contributed by atoms with Gasteiger partial charge < -0.3 is 10.6 Å². The van der Waals surface area contributed by atoms with E-state index in [0.717, 1.165) is 16.9 Å². The van der Waals surface area contributed by atoms with E-state index in [0.29, 0.717) is 27.8 Å². The monoisotopic (exact) mass is 544 g/mol. The lowest BCUT2D eigenvalue weighted by Crippen LogP contribution is -2.49. The van der Waals surface area contributed by atoms with Crippen LogP contribution >= 0.6 is 23.2 Å². The predicted molar refractivity (Wildman–Crippen MR) is 156 cm³/mol. The summed E-state index contributed by atoms with van der Waals surface area (Å²) in [7, 11) is 0. The summed E-state index contributed by atoms with van der Waals surface area (Å²) in [6.07, 6.45) is 0.536. The number of nitrogens with zero attached hydrogens (tertiary/aromatic N) is 2. The second-order valence-corrected chi connectivity index (χ2v) is 9.98. The van der Waals surface area contributed by atoms with Gasteiger partial charge in [0.25, 0.3) is 0 Å². The number of fused-ring (bicyclic) bond motifs is 1. The molecule has 2 unspecified atom stereocenters. The molecular formula is C30H26Cl2N4O2. The molecule has 0 saturated heterocycles. The maximum Gasteiger partial charge on any atom is 0.326 e. The molecular weight excluding hydrogens is 519 g/mol. The van der Waals surface area contributed by atoms with Crippen molar-refractivity contribution in [1.29, 1.82) is 0 Å². The van der Waals surface area contributed by atoms with Crippen molar-refractivity contribution >= 4 is 58.0 Å². The Morgan fingerprint density at radius 3 is 1.95 bits per heavy atom. The number of nitrogens with one attached hydrogen (secondary N) is 2. The molecule has 5 rings (SSSR count). The summed E-state index contributed by atoms with van der Waals surface area (Å²) in [5, 5.41) is 7.17. The lowest BCUT2D eigenvalue weighted by molar-refractivity contribution is 0.251. The van der Waals surface area contributed by atoms with Crippen LogP contribution < -0.4 is 20.4 Å². The Bertz CT molecular complexity index is 1430. The van der Waals surface area contributed by atoms with E-state index in [1.54, 1.807) is 58.3 Å². The molecule has 0 bridgehead atoms. The van der Waals surface area contributed by atoms with Gasteiger partial charge in [-0.25, -0.2) is 9.59 Å². The Kier molecular flexibility index (Phi) is 7.54. The average molecular weight is 545 g/mol. The van der Waals surface area contributed by atoms with E-state index >= 15 is 0 Å². The normalized spacial score (nSPS) is 16.3. The zero-order valence-corrected chi connectivity index (χ0v) is 22.2. The summed E-state index contributed by atoms with van der Waals surface area (Å²) in [6, 6.07) is 30.2. The zero-order valence-electron chi connectivity index (χ0n) is 20.6. The van der Waals surface area contributed by atoms with Gasteiger partial charge >= 0.3 is 12.1 Å². The highest BCUT2D eigenvalue weighted by Crippen LogP contribution is 2.42. The first-order valence-electron chi connectivity index (χ1n) is 12.3. The zero-order chi connectivity index (χ0) is 26.6. The molecule has 0 saturated carbocycles. The van der Waals surface area contributed by atoms with E-state index in [2.05, 4.69) is 10.6 Å². The number of rotatable bonds is 4. The van der Waals surface area contributed by atoms with Crippen molar-refractivity contribution in [1.82, 2.24) is 0 Å². The van der Waals surface area contributed by atoms with Crippen LogP contribution in [0.4, 0.5) is 32.3 Å². The van der Waals surface area contributed by atoms with Crippen molar-refractivity contribution in [3.05, 3.63) is 119 Å². The van der Waals surface area contributed by atoms with E-state index in [1.807, 2.05) is 61.5 Å². The van der Waals surface area contributed by atoms with Crippen LogP contribution in [0.15, 0.2) is 103 Å². The topological polar surface area (TPSA) is 64.7 Å². The number of benzene rings is 4. The Hall–Kier alpha value is -4.00. The number of halogens is 2. The van der Waals surface area contributed by atoms with Crippen molar-refractivity contribution in [2.24, 2.45) is 0 Å². The third-order valence-electron chi connectivity index (χ3n) is 6.54. The maximum absolute atomic E-state index is 13.8. The second kappa shape index (κ2) is 11.2. The Balaban J connectivity index is 1.49. The summed E-state index contributed by atoms with van der Waals surface area (Å²) < 4.78 is 0. The highest BCUT2D eigenvalue weighted by molar-refractivity contribution is 6.31. The van der Waals surface area contributed by atoms with Crippen molar-refractivity contribution in [3.63, 3.8) is 0 Å². The Labute approximate surface area is 231 Å². The lowest BCUT2D eigenvalue weighted by Gasteiger charge is -2.43. The van der Waals surface area contributed by atoms with Crippen LogP contribution in [0.1, 0.15) is 24.9 Å². The molecule has 0 fully saturated rings. The molecule has 6 nitrogen and oxygen atoms in total. The van der Waals surface area contributed by atoms with Gasteiger partial charge in [-0.1, -0.05) is 59.6 Å². The Morgan fingerprint density at radius 2 is 1.32 bits per heavy atom. The molecule has 0 radical (unpaired) electrons. The standard InChI is InChI=1S/C30H26Cl2N4O2/c1-20-19-28(36(25-7-3-2-4-8-25)30(38)34-24-17-13-22(32)14-18-24)26-9-5-6-10-27(26)35(20)29(37)33-23-15-11-21(31)12-16-23/h2-18,20,28H,19H2,1H3,(H,33,37)(H,34,38). The number of carbonyl (C=O) groups excluding carboxylic acids is 2. The van der Waals surface area contributed by atoms with Gasteiger partial charge in [-0.2, -0.15) is 0 Å². The molecule has 0 aliphatic carbocycles. The molecule has 0 aromatic heterocycles. The first-order valence-corrected chi connectivity index (χ1v) is 13.0. The average Bonchev–Trinajstić information content (AvgIpc) is 2.92. The smallest absolute Gasteiger partial charge is 0.308 e. The van der Waals surface area contributed by atoms with E-state index in [4.69, 9.17) is 23.2 Å². The van der Waals surface area contributed by atoms with Gasteiger partial charge in [-0.05, 0) is 85.6 Å². The van der Waals surface area contributed by atoms with Gasteiger partial charge in [0, 0.05) is 33.1 Å². The summed E-state index contributed by atoms with van der Waals surface area (Å²) >= 11 is 12.0. The molecule has 4 aromatic rings. The number of carbonyl (C=O) groups is 2. The number of amides is 4. The minimum atomic E-state index is -0.310. The van der Waals surface area contributed by atoms with Crippen molar-refractivity contribution in [2.75, 3.05) is 20.4 Å². The molecule has 8 heteroatoms.